The summed E-state index contributed by atoms with van der Waals surface area (Å²) in [6.07, 6.45) is 3.32. The van der Waals surface area contributed by atoms with Crippen LogP contribution in [0.3, 0.4) is 0 Å². The Morgan fingerprint density at radius 2 is 2.07 bits per heavy atom. The second-order valence-corrected chi connectivity index (χ2v) is 6.14. The van der Waals surface area contributed by atoms with Crippen LogP contribution in [0.4, 0.5) is 8.78 Å². The fourth-order valence-electron chi connectivity index (χ4n) is 2.63. The minimum Gasteiger partial charge on any atom is -0.493 e. The van der Waals surface area contributed by atoms with Crippen LogP contribution in [0.1, 0.15) is 31.7 Å². The molecule has 2 N–H and O–H groups in total. The van der Waals surface area contributed by atoms with Gasteiger partial charge in [0.1, 0.15) is 23.7 Å². The Morgan fingerprint density at radius 3 is 2.73 bits per heavy atom. The number of aryl methyl sites for hydroxylation is 1. The summed E-state index contributed by atoms with van der Waals surface area (Å²) in [4.78, 5) is 4.15. The van der Waals surface area contributed by atoms with Crippen molar-refractivity contribution < 1.29 is 18.3 Å². The van der Waals surface area contributed by atoms with Gasteiger partial charge in [0.05, 0.1) is 6.61 Å². The number of hydrogen-bond acceptors (Lipinski definition) is 5. The normalized spacial score (nSPS) is 11.2. The summed E-state index contributed by atoms with van der Waals surface area (Å²) in [5, 5.41) is 14.2. The molecule has 1 aromatic heterocycles. The van der Waals surface area contributed by atoms with Crippen LogP contribution in [-0.2, 0) is 19.5 Å². The first-order chi connectivity index (χ1) is 14.1. The molecule has 0 fully saturated rings. The molecular weight excluding hydrogens is 509 g/mol. The van der Waals surface area contributed by atoms with E-state index in [4.69, 9.17) is 4.74 Å². The number of ether oxygens (including phenoxy) is 2. The van der Waals surface area contributed by atoms with Crippen LogP contribution in [0.25, 0.3) is 0 Å². The molecule has 0 aliphatic heterocycles. The van der Waals surface area contributed by atoms with E-state index in [1.54, 1.807) is 25.5 Å². The SMILES string of the molecule is CCCOc1ccc(CNC(=NC)NCCn2cnnc2CC)c(OC(F)F)c1.I. The average molecular weight is 538 g/mol. The van der Waals surface area contributed by atoms with Crippen molar-refractivity contribution in [2.45, 2.75) is 46.4 Å². The molecule has 0 saturated heterocycles. The van der Waals surface area contributed by atoms with E-state index in [-0.39, 0.29) is 36.3 Å². The number of alkyl halides is 2. The molecule has 2 aromatic rings. The molecule has 1 heterocycles. The quantitative estimate of drug-likeness (QED) is 0.260. The molecule has 0 aliphatic rings. The lowest BCUT2D eigenvalue weighted by Crippen LogP contribution is -2.38. The molecule has 0 bridgehead atoms. The third-order valence-electron chi connectivity index (χ3n) is 4.05. The number of aliphatic imine (C=N–C) groups is 1. The van der Waals surface area contributed by atoms with Gasteiger partial charge in [-0.15, -0.1) is 34.2 Å². The van der Waals surface area contributed by atoms with E-state index in [0.717, 1.165) is 18.7 Å². The largest absolute Gasteiger partial charge is 0.493 e. The Morgan fingerprint density at radius 1 is 1.27 bits per heavy atom. The summed E-state index contributed by atoms with van der Waals surface area (Å²) in [6.45, 7) is 3.14. The number of hydrogen-bond donors (Lipinski definition) is 2. The summed E-state index contributed by atoms with van der Waals surface area (Å²) in [5.41, 5.74) is 0.573. The van der Waals surface area contributed by atoms with Gasteiger partial charge in [-0.1, -0.05) is 13.8 Å². The standard InChI is InChI=1S/C19H28F2N6O2.HI/c1-4-10-28-15-7-6-14(16(11-15)29-18(20)21)12-24-19(22-3)23-8-9-27-13-25-26-17(27)5-2;/h6-7,11,13,18H,4-5,8-10,12H2,1-3H3,(H2,22,23,24);1H. The van der Waals surface area contributed by atoms with Crippen LogP contribution in [-0.4, -0.2) is 47.5 Å². The molecule has 168 valence electrons. The summed E-state index contributed by atoms with van der Waals surface area (Å²) < 4.78 is 37.7. The van der Waals surface area contributed by atoms with Crippen LogP contribution in [0, 0.1) is 0 Å². The van der Waals surface area contributed by atoms with Crippen LogP contribution < -0.4 is 20.1 Å². The highest BCUT2D eigenvalue weighted by Crippen LogP contribution is 2.26. The topological polar surface area (TPSA) is 85.6 Å². The molecule has 0 saturated carbocycles. The summed E-state index contributed by atoms with van der Waals surface area (Å²) >= 11 is 0. The second kappa shape index (κ2) is 13.9. The molecule has 30 heavy (non-hydrogen) atoms. The van der Waals surface area contributed by atoms with Crippen molar-refractivity contribution in [2.24, 2.45) is 4.99 Å². The monoisotopic (exact) mass is 538 g/mol. The van der Waals surface area contributed by atoms with Crippen molar-refractivity contribution in [2.75, 3.05) is 20.2 Å². The highest BCUT2D eigenvalue weighted by molar-refractivity contribution is 14.0. The van der Waals surface area contributed by atoms with Crippen molar-refractivity contribution in [3.8, 4) is 11.5 Å². The van der Waals surface area contributed by atoms with Gasteiger partial charge in [0.2, 0.25) is 0 Å². The lowest BCUT2D eigenvalue weighted by molar-refractivity contribution is -0.0505. The van der Waals surface area contributed by atoms with E-state index in [1.807, 2.05) is 18.4 Å². The third-order valence-corrected chi connectivity index (χ3v) is 4.05. The molecule has 0 atom stereocenters. The Bertz CT molecular complexity index is 788. The molecule has 0 spiro atoms. The maximum absolute atomic E-state index is 12.8. The van der Waals surface area contributed by atoms with Gasteiger partial charge in [-0.3, -0.25) is 4.99 Å². The van der Waals surface area contributed by atoms with E-state index < -0.39 is 6.61 Å². The van der Waals surface area contributed by atoms with Crippen molar-refractivity contribution in [1.29, 1.82) is 0 Å². The first-order valence-electron chi connectivity index (χ1n) is 9.59. The van der Waals surface area contributed by atoms with Crippen molar-refractivity contribution in [3.05, 3.63) is 35.9 Å². The van der Waals surface area contributed by atoms with E-state index in [2.05, 4.69) is 30.6 Å². The van der Waals surface area contributed by atoms with Crippen molar-refractivity contribution in [3.63, 3.8) is 0 Å². The average Bonchev–Trinajstić information content (AvgIpc) is 3.17. The summed E-state index contributed by atoms with van der Waals surface area (Å²) in [5.74, 6) is 2.03. The van der Waals surface area contributed by atoms with E-state index in [9.17, 15) is 8.78 Å². The summed E-state index contributed by atoms with van der Waals surface area (Å²) in [6, 6.07) is 4.92. The van der Waals surface area contributed by atoms with E-state index >= 15 is 0 Å². The fourth-order valence-corrected chi connectivity index (χ4v) is 2.63. The Kier molecular flexibility index (Phi) is 12.0. The van der Waals surface area contributed by atoms with Gasteiger partial charge in [0.15, 0.2) is 5.96 Å². The molecule has 1 aromatic carbocycles. The molecule has 0 radical (unpaired) electrons. The maximum Gasteiger partial charge on any atom is 0.387 e. The van der Waals surface area contributed by atoms with Gasteiger partial charge < -0.3 is 24.7 Å². The van der Waals surface area contributed by atoms with Crippen molar-refractivity contribution >= 4 is 29.9 Å². The molecule has 2 rings (SSSR count). The number of guanidine groups is 1. The van der Waals surface area contributed by atoms with Gasteiger partial charge in [-0.25, -0.2) is 0 Å². The molecule has 0 aliphatic carbocycles. The predicted octanol–water partition coefficient (Wildman–Crippen LogP) is 3.21. The lowest BCUT2D eigenvalue weighted by Gasteiger charge is -2.16. The molecule has 0 unspecified atom stereocenters. The van der Waals surface area contributed by atoms with Gasteiger partial charge in [-0.2, -0.15) is 8.78 Å². The Labute approximate surface area is 192 Å². The molecule has 11 heteroatoms. The molecular formula is C19H29F2IN6O2. The number of nitrogens with one attached hydrogen (secondary N) is 2. The first kappa shape index (κ1) is 25.9. The first-order valence-corrected chi connectivity index (χ1v) is 9.59. The fraction of sp³-hybridized carbons (Fsp3) is 0.526. The zero-order chi connectivity index (χ0) is 21.1. The van der Waals surface area contributed by atoms with Gasteiger partial charge in [0, 0.05) is 44.7 Å². The van der Waals surface area contributed by atoms with Gasteiger partial charge in [0.25, 0.3) is 0 Å². The molecule has 0 amide bonds. The molecule has 8 nitrogen and oxygen atoms in total. The maximum atomic E-state index is 12.8. The smallest absolute Gasteiger partial charge is 0.387 e. The highest BCUT2D eigenvalue weighted by atomic mass is 127. The van der Waals surface area contributed by atoms with Crippen LogP contribution >= 0.6 is 24.0 Å². The number of nitrogens with zero attached hydrogens (tertiary/aromatic N) is 4. The number of aromatic nitrogens is 3. The van der Waals surface area contributed by atoms with E-state index in [0.29, 0.717) is 37.0 Å². The third kappa shape index (κ3) is 8.28. The zero-order valence-corrected chi connectivity index (χ0v) is 19.7. The van der Waals surface area contributed by atoms with Gasteiger partial charge in [-0.05, 0) is 18.6 Å². The van der Waals surface area contributed by atoms with E-state index in [1.165, 1.54) is 6.07 Å². The van der Waals surface area contributed by atoms with Crippen LogP contribution in [0.2, 0.25) is 0 Å². The highest BCUT2D eigenvalue weighted by Gasteiger charge is 2.12. The Balaban J connectivity index is 0.00000450. The number of rotatable bonds is 11. The Hall–Kier alpha value is -2.18. The summed E-state index contributed by atoms with van der Waals surface area (Å²) in [7, 11) is 1.64. The van der Waals surface area contributed by atoms with Crippen LogP contribution in [0.5, 0.6) is 11.5 Å². The minimum atomic E-state index is -2.91. The second-order valence-electron chi connectivity index (χ2n) is 6.14. The lowest BCUT2D eigenvalue weighted by atomic mass is 10.2. The minimum absolute atomic E-state index is 0. The number of benzene rings is 1. The van der Waals surface area contributed by atoms with Gasteiger partial charge >= 0.3 is 6.61 Å². The zero-order valence-electron chi connectivity index (χ0n) is 17.4. The van der Waals surface area contributed by atoms with Crippen LogP contribution in [0.15, 0.2) is 29.5 Å². The van der Waals surface area contributed by atoms with Crippen molar-refractivity contribution in [1.82, 2.24) is 25.4 Å². The predicted molar refractivity (Wildman–Crippen MR) is 122 cm³/mol. The number of halogens is 3.